The van der Waals surface area contributed by atoms with E-state index in [4.69, 9.17) is 4.74 Å². The molecule has 1 aromatic rings. The molecule has 1 N–H and O–H groups in total. The molecule has 1 saturated carbocycles. The maximum absolute atomic E-state index is 12.5. The molecular formula is C18H23NO2. The molecule has 0 spiro atoms. The highest BCUT2D eigenvalue weighted by Gasteiger charge is 2.52. The molecule has 0 bridgehead atoms. The second-order valence-electron chi connectivity index (χ2n) is 5.90. The average molecular weight is 285 g/mol. The molecule has 0 aliphatic heterocycles. The standard InChI is InChI=1S/C18H23NO2/c1-2-21-16-12-8-7-11-15(16)19-18(20)17-13-9-5-3-4-6-10-14(13)17/h5,7-9,11-14,17H,2-4,6,10H2,1H3,(H,19,20). The Bertz CT molecular complexity index is 538. The molecule has 0 heterocycles. The topological polar surface area (TPSA) is 38.3 Å². The first-order valence-electron chi connectivity index (χ1n) is 8.00. The van der Waals surface area contributed by atoms with Crippen LogP contribution >= 0.6 is 0 Å². The zero-order valence-electron chi connectivity index (χ0n) is 12.5. The van der Waals surface area contributed by atoms with Crippen LogP contribution in [0.2, 0.25) is 0 Å². The Balaban J connectivity index is 1.67. The number of carbonyl (C=O) groups excluding carboxylic acids is 1. The molecule has 0 radical (unpaired) electrons. The highest BCUT2D eigenvalue weighted by atomic mass is 16.5. The summed E-state index contributed by atoms with van der Waals surface area (Å²) < 4.78 is 5.57. The van der Waals surface area contributed by atoms with Crippen molar-refractivity contribution in [1.29, 1.82) is 0 Å². The molecule has 1 fully saturated rings. The van der Waals surface area contributed by atoms with Crippen LogP contribution in [0.1, 0.15) is 32.6 Å². The summed E-state index contributed by atoms with van der Waals surface area (Å²) in [6.07, 6.45) is 9.33. The number of hydrogen-bond donors (Lipinski definition) is 1. The first-order chi connectivity index (χ1) is 10.3. The molecule has 3 atom stereocenters. The molecule has 112 valence electrons. The van der Waals surface area contributed by atoms with Gasteiger partial charge < -0.3 is 10.1 Å². The number of para-hydroxylation sites is 2. The smallest absolute Gasteiger partial charge is 0.228 e. The fourth-order valence-electron chi connectivity index (χ4n) is 3.37. The van der Waals surface area contributed by atoms with Crippen LogP contribution in [-0.4, -0.2) is 12.5 Å². The van der Waals surface area contributed by atoms with E-state index in [0.717, 1.165) is 17.9 Å². The van der Waals surface area contributed by atoms with Gasteiger partial charge >= 0.3 is 0 Å². The lowest BCUT2D eigenvalue weighted by atomic mass is 10.1. The van der Waals surface area contributed by atoms with Crippen molar-refractivity contribution in [2.24, 2.45) is 17.8 Å². The molecule has 3 unspecified atom stereocenters. The number of allylic oxidation sites excluding steroid dienone is 2. The minimum atomic E-state index is 0.142. The molecule has 3 rings (SSSR count). The average Bonchev–Trinajstić information content (AvgIpc) is 3.12. The van der Waals surface area contributed by atoms with Gasteiger partial charge in [0.15, 0.2) is 0 Å². The Labute approximate surface area is 126 Å². The third-order valence-corrected chi connectivity index (χ3v) is 4.49. The molecular weight excluding hydrogens is 262 g/mol. The van der Waals surface area contributed by atoms with E-state index in [0.29, 0.717) is 18.4 Å². The van der Waals surface area contributed by atoms with Crippen LogP contribution in [0.5, 0.6) is 5.75 Å². The van der Waals surface area contributed by atoms with Gasteiger partial charge in [0.25, 0.3) is 0 Å². The SMILES string of the molecule is CCOc1ccccc1NC(=O)C1C2C=CCCCCC21. The molecule has 21 heavy (non-hydrogen) atoms. The number of amides is 1. The maximum Gasteiger partial charge on any atom is 0.228 e. The summed E-state index contributed by atoms with van der Waals surface area (Å²) in [6, 6.07) is 7.65. The minimum absolute atomic E-state index is 0.142. The number of anilines is 1. The number of nitrogens with one attached hydrogen (secondary N) is 1. The van der Waals surface area contributed by atoms with Gasteiger partial charge in [-0.15, -0.1) is 0 Å². The molecule has 2 aliphatic carbocycles. The largest absolute Gasteiger partial charge is 0.492 e. The highest BCUT2D eigenvalue weighted by molar-refractivity contribution is 5.96. The van der Waals surface area contributed by atoms with Crippen LogP contribution in [0, 0.1) is 17.8 Å². The fraction of sp³-hybridized carbons (Fsp3) is 0.500. The molecule has 0 aromatic heterocycles. The predicted octanol–water partition coefficient (Wildman–Crippen LogP) is 4.02. The van der Waals surface area contributed by atoms with Crippen molar-refractivity contribution < 1.29 is 9.53 Å². The van der Waals surface area contributed by atoms with Crippen molar-refractivity contribution in [1.82, 2.24) is 0 Å². The van der Waals surface area contributed by atoms with Crippen molar-refractivity contribution in [2.45, 2.75) is 32.6 Å². The summed E-state index contributed by atoms with van der Waals surface area (Å²) in [5.74, 6) is 2.03. The van der Waals surface area contributed by atoms with Gasteiger partial charge in [0.1, 0.15) is 5.75 Å². The quantitative estimate of drug-likeness (QED) is 0.849. The van der Waals surface area contributed by atoms with Crippen molar-refractivity contribution in [3.8, 4) is 5.75 Å². The zero-order valence-corrected chi connectivity index (χ0v) is 12.5. The Kier molecular flexibility index (Phi) is 4.28. The lowest BCUT2D eigenvalue weighted by Gasteiger charge is -2.11. The van der Waals surface area contributed by atoms with E-state index in [-0.39, 0.29) is 11.8 Å². The van der Waals surface area contributed by atoms with E-state index >= 15 is 0 Å². The third kappa shape index (κ3) is 3.12. The van der Waals surface area contributed by atoms with Gasteiger partial charge in [-0.3, -0.25) is 4.79 Å². The number of rotatable bonds is 4. The van der Waals surface area contributed by atoms with Gasteiger partial charge in [0, 0.05) is 5.92 Å². The Morgan fingerprint density at radius 2 is 2.19 bits per heavy atom. The molecule has 0 saturated heterocycles. The summed E-state index contributed by atoms with van der Waals surface area (Å²) in [5.41, 5.74) is 0.785. The van der Waals surface area contributed by atoms with Crippen molar-refractivity contribution >= 4 is 11.6 Å². The highest BCUT2D eigenvalue weighted by Crippen LogP contribution is 2.52. The number of ether oxygens (including phenoxy) is 1. The van der Waals surface area contributed by atoms with Crippen LogP contribution in [0.15, 0.2) is 36.4 Å². The minimum Gasteiger partial charge on any atom is -0.492 e. The summed E-state index contributed by atoms with van der Waals surface area (Å²) >= 11 is 0. The summed E-state index contributed by atoms with van der Waals surface area (Å²) in [6.45, 7) is 2.55. The van der Waals surface area contributed by atoms with Crippen LogP contribution in [0.25, 0.3) is 0 Å². The number of benzene rings is 1. The van der Waals surface area contributed by atoms with Crippen molar-refractivity contribution in [3.05, 3.63) is 36.4 Å². The lowest BCUT2D eigenvalue weighted by molar-refractivity contribution is -0.117. The van der Waals surface area contributed by atoms with Gasteiger partial charge in [-0.2, -0.15) is 0 Å². The van der Waals surface area contributed by atoms with Crippen LogP contribution in [0.4, 0.5) is 5.69 Å². The van der Waals surface area contributed by atoms with Crippen LogP contribution < -0.4 is 10.1 Å². The Morgan fingerprint density at radius 1 is 1.33 bits per heavy atom. The second-order valence-corrected chi connectivity index (χ2v) is 5.90. The van der Waals surface area contributed by atoms with Crippen LogP contribution in [0.3, 0.4) is 0 Å². The van der Waals surface area contributed by atoms with E-state index in [1.165, 1.54) is 19.3 Å². The van der Waals surface area contributed by atoms with Gasteiger partial charge in [0.05, 0.1) is 12.3 Å². The first kappa shape index (κ1) is 14.2. The predicted molar refractivity (Wildman–Crippen MR) is 84.3 cm³/mol. The number of hydrogen-bond acceptors (Lipinski definition) is 2. The third-order valence-electron chi connectivity index (χ3n) is 4.49. The molecule has 2 aliphatic rings. The lowest BCUT2D eigenvalue weighted by Crippen LogP contribution is -2.16. The number of carbonyl (C=O) groups is 1. The zero-order chi connectivity index (χ0) is 14.7. The normalized spacial score (nSPS) is 27.2. The Morgan fingerprint density at radius 3 is 3.05 bits per heavy atom. The van der Waals surface area contributed by atoms with Crippen LogP contribution in [-0.2, 0) is 4.79 Å². The molecule has 3 nitrogen and oxygen atoms in total. The van der Waals surface area contributed by atoms with Gasteiger partial charge in [-0.1, -0.05) is 30.7 Å². The van der Waals surface area contributed by atoms with E-state index in [1.807, 2.05) is 31.2 Å². The molecule has 1 amide bonds. The summed E-state index contributed by atoms with van der Waals surface area (Å²) in [5, 5.41) is 3.06. The molecule has 1 aromatic carbocycles. The van der Waals surface area contributed by atoms with Gasteiger partial charge in [0.2, 0.25) is 5.91 Å². The van der Waals surface area contributed by atoms with Gasteiger partial charge in [-0.05, 0) is 50.2 Å². The first-order valence-corrected chi connectivity index (χ1v) is 8.00. The maximum atomic E-state index is 12.5. The van der Waals surface area contributed by atoms with E-state index in [9.17, 15) is 4.79 Å². The van der Waals surface area contributed by atoms with E-state index in [2.05, 4.69) is 17.5 Å². The van der Waals surface area contributed by atoms with E-state index in [1.54, 1.807) is 0 Å². The summed E-state index contributed by atoms with van der Waals surface area (Å²) in [7, 11) is 0. The summed E-state index contributed by atoms with van der Waals surface area (Å²) in [4.78, 5) is 12.5. The fourth-order valence-corrected chi connectivity index (χ4v) is 3.37. The number of fused-ring (bicyclic) bond motifs is 1. The molecule has 3 heteroatoms. The monoisotopic (exact) mass is 285 g/mol. The van der Waals surface area contributed by atoms with Crippen molar-refractivity contribution in [2.75, 3.05) is 11.9 Å². The van der Waals surface area contributed by atoms with Gasteiger partial charge in [-0.25, -0.2) is 0 Å². The van der Waals surface area contributed by atoms with E-state index < -0.39 is 0 Å². The van der Waals surface area contributed by atoms with Crippen molar-refractivity contribution in [3.63, 3.8) is 0 Å². The Hall–Kier alpha value is -1.77. The second kappa shape index (κ2) is 6.33.